The molecule has 0 N–H and O–H groups in total. The van der Waals surface area contributed by atoms with E-state index in [1.165, 1.54) is 10.6 Å². The van der Waals surface area contributed by atoms with Crippen molar-refractivity contribution in [3.63, 3.8) is 0 Å². The van der Waals surface area contributed by atoms with E-state index in [4.69, 9.17) is 0 Å². The molecule has 0 unspecified atom stereocenters. The van der Waals surface area contributed by atoms with E-state index in [-0.39, 0.29) is 5.56 Å². The SMILES string of the molecule is CCc1cc2c(=O)n(CN3CCN(S(C)(=O)=O)CC3)cnc2s1. The minimum Gasteiger partial charge on any atom is -0.285 e. The molecule has 2 aromatic heterocycles. The zero-order chi connectivity index (χ0) is 16.6. The number of fused-ring (bicyclic) bond motifs is 1. The van der Waals surface area contributed by atoms with Crippen molar-refractivity contribution in [1.82, 2.24) is 18.8 Å². The molecule has 3 heterocycles. The van der Waals surface area contributed by atoms with Crippen LogP contribution >= 0.6 is 11.3 Å². The molecule has 9 heteroatoms. The number of thiophene rings is 1. The van der Waals surface area contributed by atoms with E-state index in [0.717, 1.165) is 16.1 Å². The van der Waals surface area contributed by atoms with Crippen LogP contribution in [0.25, 0.3) is 10.2 Å². The zero-order valence-corrected chi connectivity index (χ0v) is 14.9. The van der Waals surface area contributed by atoms with Crippen LogP contribution in [0.5, 0.6) is 0 Å². The fraction of sp³-hybridized carbons (Fsp3) is 0.571. The normalized spacial score (nSPS) is 17.8. The van der Waals surface area contributed by atoms with E-state index >= 15 is 0 Å². The van der Waals surface area contributed by atoms with Gasteiger partial charge in [0.05, 0.1) is 18.3 Å². The van der Waals surface area contributed by atoms with Crippen LogP contribution in [-0.2, 0) is 23.1 Å². The maximum Gasteiger partial charge on any atom is 0.263 e. The van der Waals surface area contributed by atoms with Crippen molar-refractivity contribution < 1.29 is 8.42 Å². The molecular weight excluding hydrogens is 336 g/mol. The highest BCUT2D eigenvalue weighted by Crippen LogP contribution is 2.21. The summed E-state index contributed by atoms with van der Waals surface area (Å²) in [6.07, 6.45) is 3.71. The number of rotatable bonds is 4. The third-order valence-corrected chi connectivity index (χ3v) is 6.56. The Balaban J connectivity index is 1.75. The first-order chi connectivity index (χ1) is 10.9. The van der Waals surface area contributed by atoms with Crippen molar-refractivity contribution >= 4 is 31.6 Å². The number of hydrogen-bond donors (Lipinski definition) is 0. The van der Waals surface area contributed by atoms with E-state index in [2.05, 4.69) is 16.8 Å². The Hall–Kier alpha value is -1.29. The summed E-state index contributed by atoms with van der Waals surface area (Å²) >= 11 is 1.56. The molecule has 0 aliphatic carbocycles. The largest absolute Gasteiger partial charge is 0.285 e. The van der Waals surface area contributed by atoms with Gasteiger partial charge < -0.3 is 0 Å². The van der Waals surface area contributed by atoms with Gasteiger partial charge in [-0.1, -0.05) is 6.92 Å². The lowest BCUT2D eigenvalue weighted by atomic mass is 10.3. The first-order valence-electron chi connectivity index (χ1n) is 7.54. The molecule has 0 atom stereocenters. The van der Waals surface area contributed by atoms with Gasteiger partial charge in [-0.05, 0) is 12.5 Å². The van der Waals surface area contributed by atoms with Crippen molar-refractivity contribution in [2.75, 3.05) is 32.4 Å². The second-order valence-electron chi connectivity index (χ2n) is 5.73. The third-order valence-electron chi connectivity index (χ3n) is 4.07. The van der Waals surface area contributed by atoms with Crippen molar-refractivity contribution in [3.05, 3.63) is 27.6 Å². The predicted molar refractivity (Wildman–Crippen MR) is 91.2 cm³/mol. The summed E-state index contributed by atoms with van der Waals surface area (Å²) in [6, 6.07) is 1.92. The van der Waals surface area contributed by atoms with Gasteiger partial charge in [0, 0.05) is 31.1 Å². The fourth-order valence-electron chi connectivity index (χ4n) is 2.70. The van der Waals surface area contributed by atoms with Gasteiger partial charge in [0.25, 0.3) is 5.56 Å². The van der Waals surface area contributed by atoms with Crippen LogP contribution in [0.2, 0.25) is 0 Å². The summed E-state index contributed by atoms with van der Waals surface area (Å²) in [5, 5.41) is 0.670. The van der Waals surface area contributed by atoms with E-state index in [1.807, 2.05) is 6.07 Å². The molecule has 23 heavy (non-hydrogen) atoms. The Bertz CT molecular complexity index is 864. The molecule has 0 spiro atoms. The minimum absolute atomic E-state index is 0.0310. The molecule has 1 aliphatic rings. The number of piperazine rings is 1. The zero-order valence-electron chi connectivity index (χ0n) is 13.2. The number of nitrogens with zero attached hydrogens (tertiary/aromatic N) is 4. The van der Waals surface area contributed by atoms with Crippen LogP contribution in [-0.4, -0.2) is 59.6 Å². The summed E-state index contributed by atoms with van der Waals surface area (Å²) in [5.74, 6) is 0. The van der Waals surface area contributed by atoms with Gasteiger partial charge in [0.15, 0.2) is 0 Å². The highest BCUT2D eigenvalue weighted by atomic mass is 32.2. The average Bonchev–Trinajstić information content (AvgIpc) is 2.94. The van der Waals surface area contributed by atoms with Crippen molar-refractivity contribution in [2.24, 2.45) is 0 Å². The predicted octanol–water partition coefficient (Wildman–Crippen LogP) is 0.555. The summed E-state index contributed by atoms with van der Waals surface area (Å²) in [4.78, 5) is 20.9. The summed E-state index contributed by atoms with van der Waals surface area (Å²) < 4.78 is 26.1. The summed E-state index contributed by atoms with van der Waals surface area (Å²) in [7, 11) is -3.13. The number of hydrogen-bond acceptors (Lipinski definition) is 6. The molecule has 0 saturated carbocycles. The number of sulfonamides is 1. The van der Waals surface area contributed by atoms with E-state index < -0.39 is 10.0 Å². The minimum atomic E-state index is -3.13. The molecule has 1 saturated heterocycles. The van der Waals surface area contributed by atoms with Crippen molar-refractivity contribution in [2.45, 2.75) is 20.0 Å². The van der Waals surface area contributed by atoms with Gasteiger partial charge in [-0.3, -0.25) is 14.3 Å². The summed E-state index contributed by atoms with van der Waals surface area (Å²) in [5.41, 5.74) is -0.0310. The van der Waals surface area contributed by atoms with Crippen LogP contribution in [0.4, 0.5) is 0 Å². The quantitative estimate of drug-likeness (QED) is 0.800. The average molecular weight is 356 g/mol. The first kappa shape index (κ1) is 16.6. The third kappa shape index (κ3) is 3.47. The highest BCUT2D eigenvalue weighted by Gasteiger charge is 2.23. The number of aryl methyl sites for hydroxylation is 1. The standard InChI is InChI=1S/C14H20N4O3S2/c1-3-11-8-12-13(22-11)15-9-17(14(12)19)10-16-4-6-18(7-5-16)23(2,20)21/h8-9H,3-7,10H2,1-2H3. The lowest BCUT2D eigenvalue weighted by molar-refractivity contribution is 0.150. The van der Waals surface area contributed by atoms with E-state index in [0.29, 0.717) is 38.2 Å². The van der Waals surface area contributed by atoms with Gasteiger partial charge in [-0.25, -0.2) is 13.4 Å². The van der Waals surface area contributed by atoms with Gasteiger partial charge in [0.2, 0.25) is 10.0 Å². The van der Waals surface area contributed by atoms with E-state index in [9.17, 15) is 13.2 Å². The molecule has 0 amide bonds. The second-order valence-corrected chi connectivity index (χ2v) is 8.82. The van der Waals surface area contributed by atoms with Crippen LogP contribution in [0.3, 0.4) is 0 Å². The molecule has 3 rings (SSSR count). The van der Waals surface area contributed by atoms with Crippen LogP contribution in [0, 0.1) is 0 Å². The van der Waals surface area contributed by atoms with Crippen LogP contribution < -0.4 is 5.56 Å². The Kier molecular flexibility index (Phi) is 4.54. The lowest BCUT2D eigenvalue weighted by Gasteiger charge is -2.33. The van der Waals surface area contributed by atoms with E-state index in [1.54, 1.807) is 22.2 Å². The summed E-state index contributed by atoms with van der Waals surface area (Å²) in [6.45, 7) is 4.65. The highest BCUT2D eigenvalue weighted by molar-refractivity contribution is 7.88. The molecular formula is C14H20N4O3S2. The van der Waals surface area contributed by atoms with Gasteiger partial charge >= 0.3 is 0 Å². The molecule has 1 fully saturated rings. The van der Waals surface area contributed by atoms with Gasteiger partial charge in [-0.15, -0.1) is 11.3 Å². The molecule has 2 aromatic rings. The monoisotopic (exact) mass is 356 g/mol. The van der Waals surface area contributed by atoms with Gasteiger partial charge in [-0.2, -0.15) is 4.31 Å². The molecule has 0 bridgehead atoms. The lowest BCUT2D eigenvalue weighted by Crippen LogP contribution is -2.49. The van der Waals surface area contributed by atoms with Crippen LogP contribution in [0.1, 0.15) is 11.8 Å². The molecule has 0 aromatic carbocycles. The topological polar surface area (TPSA) is 75.5 Å². The van der Waals surface area contributed by atoms with Crippen LogP contribution in [0.15, 0.2) is 17.2 Å². The molecule has 126 valence electrons. The van der Waals surface area contributed by atoms with Crippen molar-refractivity contribution in [1.29, 1.82) is 0 Å². The molecule has 7 nitrogen and oxygen atoms in total. The Morgan fingerprint density at radius 3 is 2.57 bits per heavy atom. The Morgan fingerprint density at radius 1 is 1.26 bits per heavy atom. The fourth-order valence-corrected chi connectivity index (χ4v) is 4.45. The molecule has 1 aliphatic heterocycles. The van der Waals surface area contributed by atoms with Crippen molar-refractivity contribution in [3.8, 4) is 0 Å². The maximum absolute atomic E-state index is 12.6. The Labute approximate surface area is 139 Å². The van der Waals surface area contributed by atoms with Gasteiger partial charge in [0.1, 0.15) is 11.2 Å². The first-order valence-corrected chi connectivity index (χ1v) is 10.2. The second kappa shape index (κ2) is 6.31. The number of aromatic nitrogens is 2. The Morgan fingerprint density at radius 2 is 1.96 bits per heavy atom. The smallest absolute Gasteiger partial charge is 0.263 e. The maximum atomic E-state index is 12.6. The molecule has 0 radical (unpaired) electrons.